The Hall–Kier alpha value is -1.80. The summed E-state index contributed by atoms with van der Waals surface area (Å²) in [5.74, 6) is 1.67. The fraction of sp³-hybridized carbons (Fsp3) is 0.538. The van der Waals surface area contributed by atoms with Gasteiger partial charge >= 0.3 is 0 Å². The van der Waals surface area contributed by atoms with Crippen LogP contribution in [0.1, 0.15) is 81.8 Å². The van der Waals surface area contributed by atoms with Crippen molar-refractivity contribution >= 4 is 11.4 Å². The van der Waals surface area contributed by atoms with Gasteiger partial charge in [0.15, 0.2) is 0 Å². The first kappa shape index (κ1) is 19.5. The van der Waals surface area contributed by atoms with E-state index >= 15 is 0 Å². The van der Waals surface area contributed by atoms with Gasteiger partial charge in [0, 0.05) is 24.0 Å². The third-order valence-corrected chi connectivity index (χ3v) is 7.05. The maximum Gasteiger partial charge on any atom is 0.0413 e. The van der Waals surface area contributed by atoms with Gasteiger partial charge in [-0.3, -0.25) is 0 Å². The quantitative estimate of drug-likeness (QED) is 0.614. The molecule has 0 bridgehead atoms. The van der Waals surface area contributed by atoms with Crippen LogP contribution >= 0.6 is 0 Å². The number of benzene rings is 2. The summed E-state index contributed by atoms with van der Waals surface area (Å²) in [4.78, 5) is 2.59. The second-order valence-corrected chi connectivity index (χ2v) is 9.08. The summed E-state index contributed by atoms with van der Waals surface area (Å²) >= 11 is 0. The molecule has 0 radical (unpaired) electrons. The third kappa shape index (κ3) is 4.43. The van der Waals surface area contributed by atoms with E-state index in [4.69, 9.17) is 5.73 Å². The lowest BCUT2D eigenvalue weighted by Gasteiger charge is -2.36. The smallest absolute Gasteiger partial charge is 0.0413 e. The predicted octanol–water partition coefficient (Wildman–Crippen LogP) is 6.91. The Morgan fingerprint density at radius 2 is 1.32 bits per heavy atom. The number of anilines is 2. The van der Waals surface area contributed by atoms with E-state index in [-0.39, 0.29) is 0 Å². The molecule has 2 aliphatic carbocycles. The van der Waals surface area contributed by atoms with Crippen molar-refractivity contribution in [3.63, 3.8) is 0 Å². The summed E-state index contributed by atoms with van der Waals surface area (Å²) in [5.41, 5.74) is 11.2. The van der Waals surface area contributed by atoms with E-state index in [2.05, 4.69) is 60.4 Å². The Balaban J connectivity index is 1.58. The molecule has 2 fully saturated rings. The van der Waals surface area contributed by atoms with Crippen LogP contribution in [0.25, 0.3) is 0 Å². The molecular weight excluding hydrogens is 340 g/mol. The average molecular weight is 377 g/mol. The highest BCUT2D eigenvalue weighted by Crippen LogP contribution is 2.38. The number of nitrogens with zero attached hydrogens (tertiary/aromatic N) is 1. The average Bonchev–Trinajstić information content (AvgIpc) is 2.76. The van der Waals surface area contributed by atoms with Crippen molar-refractivity contribution in [2.45, 2.75) is 83.2 Å². The topological polar surface area (TPSA) is 29.3 Å². The normalized spacial score (nSPS) is 23.5. The maximum atomic E-state index is 5.81. The van der Waals surface area contributed by atoms with Crippen molar-refractivity contribution < 1.29 is 0 Å². The van der Waals surface area contributed by atoms with Crippen LogP contribution < -0.4 is 10.6 Å². The minimum Gasteiger partial charge on any atom is -0.338 e. The lowest BCUT2D eigenvalue weighted by Crippen LogP contribution is -2.33. The van der Waals surface area contributed by atoms with E-state index in [1.54, 1.807) is 0 Å². The largest absolute Gasteiger partial charge is 0.338 e. The summed E-state index contributed by atoms with van der Waals surface area (Å²) < 4.78 is 0. The van der Waals surface area contributed by atoms with Gasteiger partial charge in [0.2, 0.25) is 0 Å². The van der Waals surface area contributed by atoms with E-state index in [1.807, 2.05) is 0 Å². The molecule has 0 heterocycles. The number of nitrogens with two attached hydrogens (primary N) is 1. The van der Waals surface area contributed by atoms with Gasteiger partial charge in [0.25, 0.3) is 0 Å². The van der Waals surface area contributed by atoms with Crippen LogP contribution in [-0.4, -0.2) is 6.04 Å². The highest BCUT2D eigenvalue weighted by molar-refractivity contribution is 5.65. The molecule has 28 heavy (non-hydrogen) atoms. The molecule has 2 aliphatic rings. The minimum absolute atomic E-state index is 0.610. The van der Waals surface area contributed by atoms with Gasteiger partial charge in [-0.15, -0.1) is 0 Å². The highest BCUT2D eigenvalue weighted by Gasteiger charge is 2.24. The van der Waals surface area contributed by atoms with Crippen LogP contribution in [0.15, 0.2) is 48.5 Å². The van der Waals surface area contributed by atoms with Crippen molar-refractivity contribution in [3.8, 4) is 0 Å². The summed E-state index contributed by atoms with van der Waals surface area (Å²) in [7, 11) is 0. The molecule has 0 amide bonds. The zero-order valence-electron chi connectivity index (χ0n) is 17.4. The van der Waals surface area contributed by atoms with Crippen LogP contribution in [0.4, 0.5) is 11.4 Å². The highest BCUT2D eigenvalue weighted by atomic mass is 15.2. The van der Waals surface area contributed by atoms with Crippen LogP contribution in [0.2, 0.25) is 0 Å². The van der Waals surface area contributed by atoms with E-state index in [1.165, 1.54) is 80.3 Å². The fourth-order valence-corrected chi connectivity index (χ4v) is 5.20. The molecule has 2 N–H and O–H groups in total. The predicted molar refractivity (Wildman–Crippen MR) is 120 cm³/mol. The molecule has 0 unspecified atom stereocenters. The van der Waals surface area contributed by atoms with E-state index in [0.717, 1.165) is 11.8 Å². The standard InChI is InChI=1S/C26H36N2/c1-20-7-11-22(12-8-20)23-13-17-26(18-14-23)28(24-5-3-2-4-6-24)25-15-9-21(19-27)10-16-25/h9-10,13-18,20,22,24H,2-8,11-12,19,27H2,1H3. The molecule has 0 saturated heterocycles. The SMILES string of the molecule is CC1CCC(c2ccc(N(c3ccc(CN)cc3)C3CCCCC3)cc2)CC1. The van der Waals surface area contributed by atoms with Crippen LogP contribution in [0, 0.1) is 5.92 Å². The molecule has 0 aliphatic heterocycles. The molecule has 0 aromatic heterocycles. The van der Waals surface area contributed by atoms with Gasteiger partial charge in [-0.1, -0.05) is 63.3 Å². The monoisotopic (exact) mass is 376 g/mol. The van der Waals surface area contributed by atoms with Crippen molar-refractivity contribution in [2.24, 2.45) is 11.7 Å². The van der Waals surface area contributed by atoms with Crippen molar-refractivity contribution in [3.05, 3.63) is 59.7 Å². The molecule has 2 aromatic rings. The fourth-order valence-electron chi connectivity index (χ4n) is 5.20. The molecule has 4 rings (SSSR count). The van der Waals surface area contributed by atoms with Crippen molar-refractivity contribution in [1.82, 2.24) is 0 Å². The van der Waals surface area contributed by atoms with Gasteiger partial charge in [-0.25, -0.2) is 0 Å². The van der Waals surface area contributed by atoms with Gasteiger partial charge < -0.3 is 10.6 Å². The van der Waals surface area contributed by atoms with Crippen LogP contribution in [0.5, 0.6) is 0 Å². The van der Waals surface area contributed by atoms with Crippen LogP contribution in [-0.2, 0) is 6.54 Å². The Kier molecular flexibility index (Phi) is 6.36. The lowest BCUT2D eigenvalue weighted by molar-refractivity contribution is 0.348. The third-order valence-electron chi connectivity index (χ3n) is 7.05. The Morgan fingerprint density at radius 1 is 0.750 bits per heavy atom. The molecule has 150 valence electrons. The first-order valence-corrected chi connectivity index (χ1v) is 11.4. The molecule has 2 aromatic carbocycles. The summed E-state index contributed by atoms with van der Waals surface area (Å²) in [6.45, 7) is 3.01. The second-order valence-electron chi connectivity index (χ2n) is 9.08. The molecule has 0 spiro atoms. The second kappa shape index (κ2) is 9.13. The number of rotatable bonds is 5. The van der Waals surface area contributed by atoms with Crippen molar-refractivity contribution in [1.29, 1.82) is 0 Å². The van der Waals surface area contributed by atoms with Crippen LogP contribution in [0.3, 0.4) is 0 Å². The maximum absolute atomic E-state index is 5.81. The Labute approximate surface area is 171 Å². The van der Waals surface area contributed by atoms with E-state index in [0.29, 0.717) is 12.6 Å². The minimum atomic E-state index is 0.610. The van der Waals surface area contributed by atoms with Crippen molar-refractivity contribution in [2.75, 3.05) is 4.90 Å². The van der Waals surface area contributed by atoms with Gasteiger partial charge in [-0.05, 0) is 72.9 Å². The van der Waals surface area contributed by atoms with E-state index < -0.39 is 0 Å². The molecule has 2 saturated carbocycles. The van der Waals surface area contributed by atoms with E-state index in [9.17, 15) is 0 Å². The molecule has 0 atom stereocenters. The molecule has 2 heteroatoms. The number of hydrogen-bond donors (Lipinski definition) is 1. The lowest BCUT2D eigenvalue weighted by atomic mass is 9.79. The van der Waals surface area contributed by atoms with Gasteiger partial charge in [0.1, 0.15) is 0 Å². The first-order chi connectivity index (χ1) is 13.7. The summed E-state index contributed by atoms with van der Waals surface area (Å²) in [5, 5.41) is 0. The number of hydrogen-bond acceptors (Lipinski definition) is 2. The Bertz CT molecular complexity index is 720. The molecular formula is C26H36N2. The zero-order chi connectivity index (χ0) is 19.3. The van der Waals surface area contributed by atoms with Gasteiger partial charge in [0.05, 0.1) is 0 Å². The van der Waals surface area contributed by atoms with Gasteiger partial charge in [-0.2, -0.15) is 0 Å². The molecule has 2 nitrogen and oxygen atoms in total. The summed E-state index contributed by atoms with van der Waals surface area (Å²) in [6, 6.07) is 19.0. The zero-order valence-corrected chi connectivity index (χ0v) is 17.4. The summed E-state index contributed by atoms with van der Waals surface area (Å²) in [6.07, 6.45) is 12.1. The Morgan fingerprint density at radius 3 is 1.89 bits per heavy atom. The first-order valence-electron chi connectivity index (χ1n) is 11.4.